The summed E-state index contributed by atoms with van der Waals surface area (Å²) >= 11 is 1.29. The Bertz CT molecular complexity index is 1140. The molecule has 2 aromatic carbocycles. The first-order chi connectivity index (χ1) is 15.6. The third-order valence-corrected chi connectivity index (χ3v) is 6.88. The molecule has 1 aromatic heterocycles. The average molecular weight is 452 g/mol. The number of benzene rings is 2. The second kappa shape index (κ2) is 10.2. The molecule has 1 aliphatic rings. The Morgan fingerprint density at radius 2 is 1.91 bits per heavy atom. The van der Waals surface area contributed by atoms with E-state index in [4.69, 9.17) is 9.72 Å². The summed E-state index contributed by atoms with van der Waals surface area (Å²) < 4.78 is 7.11. The van der Waals surface area contributed by atoms with Crippen molar-refractivity contribution in [1.82, 2.24) is 14.9 Å². The van der Waals surface area contributed by atoms with Gasteiger partial charge in [-0.1, -0.05) is 43.7 Å². The molecule has 0 aliphatic heterocycles. The Morgan fingerprint density at radius 3 is 2.66 bits per heavy atom. The van der Waals surface area contributed by atoms with Gasteiger partial charge in [0, 0.05) is 6.04 Å². The first-order valence-electron chi connectivity index (χ1n) is 11.2. The molecule has 0 saturated heterocycles. The van der Waals surface area contributed by atoms with Gasteiger partial charge in [0.25, 0.3) is 5.56 Å². The maximum Gasteiger partial charge on any atom is 0.266 e. The van der Waals surface area contributed by atoms with Crippen molar-refractivity contribution in [1.29, 1.82) is 0 Å². The van der Waals surface area contributed by atoms with Crippen LogP contribution in [-0.2, 0) is 4.79 Å². The van der Waals surface area contributed by atoms with Crippen LogP contribution in [0.25, 0.3) is 16.6 Å². The number of fused-ring (bicyclic) bond motifs is 1. The number of thioether (sulfide) groups is 1. The van der Waals surface area contributed by atoms with Crippen LogP contribution < -0.4 is 15.6 Å². The highest BCUT2D eigenvalue weighted by molar-refractivity contribution is 7.99. The summed E-state index contributed by atoms with van der Waals surface area (Å²) in [5.74, 6) is 1.44. The van der Waals surface area contributed by atoms with Crippen molar-refractivity contribution < 1.29 is 9.53 Å². The fourth-order valence-electron chi connectivity index (χ4n) is 4.20. The van der Waals surface area contributed by atoms with Gasteiger partial charge in [-0.2, -0.15) is 0 Å². The predicted octanol–water partition coefficient (Wildman–Crippen LogP) is 4.57. The molecule has 32 heavy (non-hydrogen) atoms. The van der Waals surface area contributed by atoms with Crippen molar-refractivity contribution in [3.8, 4) is 11.4 Å². The molecule has 2 atom stereocenters. The van der Waals surface area contributed by atoms with Gasteiger partial charge in [-0.15, -0.1) is 0 Å². The number of nitrogens with zero attached hydrogens (tertiary/aromatic N) is 2. The molecule has 0 spiro atoms. The van der Waals surface area contributed by atoms with E-state index >= 15 is 0 Å². The Labute approximate surface area is 192 Å². The number of hydrogen-bond acceptors (Lipinski definition) is 5. The van der Waals surface area contributed by atoms with Crippen LogP contribution in [0, 0.1) is 5.92 Å². The quantitative estimate of drug-likeness (QED) is 0.421. The summed E-state index contributed by atoms with van der Waals surface area (Å²) in [6.45, 7) is 4.71. The number of aromatic nitrogens is 2. The zero-order valence-corrected chi connectivity index (χ0v) is 19.4. The van der Waals surface area contributed by atoms with Crippen molar-refractivity contribution in [3.05, 3.63) is 58.9 Å². The lowest BCUT2D eigenvalue weighted by atomic mass is 9.86. The highest BCUT2D eigenvalue weighted by Crippen LogP contribution is 2.25. The average Bonchev–Trinajstić information content (AvgIpc) is 2.80. The van der Waals surface area contributed by atoms with Crippen molar-refractivity contribution in [2.24, 2.45) is 5.92 Å². The van der Waals surface area contributed by atoms with E-state index in [1.54, 1.807) is 10.6 Å². The van der Waals surface area contributed by atoms with Gasteiger partial charge in [-0.3, -0.25) is 14.2 Å². The Hall–Kier alpha value is -2.80. The SMILES string of the molecule is CCOc1ccc(-n2c(SCC(=O)NC3CCCCC3C)nc3ccccc3c2=O)cc1. The van der Waals surface area contributed by atoms with E-state index in [1.807, 2.05) is 49.4 Å². The van der Waals surface area contributed by atoms with Crippen LogP contribution in [0.15, 0.2) is 58.5 Å². The Balaban J connectivity index is 1.61. The number of amides is 1. The third kappa shape index (κ3) is 4.99. The van der Waals surface area contributed by atoms with Gasteiger partial charge < -0.3 is 10.1 Å². The van der Waals surface area contributed by atoms with Crippen LogP contribution in [0.1, 0.15) is 39.5 Å². The van der Waals surface area contributed by atoms with E-state index < -0.39 is 0 Å². The van der Waals surface area contributed by atoms with Crippen LogP contribution in [0.4, 0.5) is 0 Å². The molecule has 1 amide bonds. The molecule has 1 fully saturated rings. The highest BCUT2D eigenvalue weighted by Gasteiger charge is 2.23. The van der Waals surface area contributed by atoms with E-state index in [0.29, 0.717) is 34.3 Å². The molecule has 1 heterocycles. The lowest BCUT2D eigenvalue weighted by molar-refractivity contribution is -0.119. The van der Waals surface area contributed by atoms with Gasteiger partial charge in [0.1, 0.15) is 5.75 Å². The van der Waals surface area contributed by atoms with Crippen LogP contribution in [0.2, 0.25) is 0 Å². The van der Waals surface area contributed by atoms with E-state index in [1.165, 1.54) is 18.2 Å². The van der Waals surface area contributed by atoms with Gasteiger partial charge in [-0.05, 0) is 62.1 Å². The summed E-state index contributed by atoms with van der Waals surface area (Å²) in [7, 11) is 0. The maximum atomic E-state index is 13.3. The Kier molecular flexibility index (Phi) is 7.15. The van der Waals surface area contributed by atoms with Crippen molar-refractivity contribution in [2.45, 2.75) is 50.7 Å². The normalized spacial score (nSPS) is 18.4. The summed E-state index contributed by atoms with van der Waals surface area (Å²) in [6.07, 6.45) is 4.58. The smallest absolute Gasteiger partial charge is 0.266 e. The molecule has 7 heteroatoms. The first-order valence-corrected chi connectivity index (χ1v) is 12.2. The lowest BCUT2D eigenvalue weighted by Gasteiger charge is -2.29. The monoisotopic (exact) mass is 451 g/mol. The van der Waals surface area contributed by atoms with Crippen molar-refractivity contribution in [3.63, 3.8) is 0 Å². The molecule has 0 bridgehead atoms. The Morgan fingerprint density at radius 1 is 1.16 bits per heavy atom. The molecule has 2 unspecified atom stereocenters. The predicted molar refractivity (Wildman–Crippen MR) is 129 cm³/mol. The maximum absolute atomic E-state index is 13.3. The molecule has 0 radical (unpaired) electrons. The summed E-state index contributed by atoms with van der Waals surface area (Å²) in [5, 5.41) is 4.23. The number of ether oxygens (including phenoxy) is 1. The van der Waals surface area contributed by atoms with Crippen LogP contribution >= 0.6 is 11.8 Å². The number of carbonyl (C=O) groups is 1. The standard InChI is InChI=1S/C25H29N3O3S/c1-3-31-19-14-12-18(13-15-19)28-24(30)20-9-5-7-11-22(20)27-25(28)32-16-23(29)26-21-10-6-4-8-17(21)2/h5,7,9,11-15,17,21H,3-4,6,8,10,16H2,1-2H3,(H,26,29). The molecule has 3 aromatic rings. The third-order valence-electron chi connectivity index (χ3n) is 5.94. The molecule has 6 nitrogen and oxygen atoms in total. The summed E-state index contributed by atoms with van der Waals surface area (Å²) in [5.41, 5.74) is 1.17. The van der Waals surface area contributed by atoms with E-state index in [9.17, 15) is 9.59 Å². The number of para-hydroxylation sites is 1. The summed E-state index contributed by atoms with van der Waals surface area (Å²) in [4.78, 5) is 30.7. The van der Waals surface area contributed by atoms with Gasteiger partial charge >= 0.3 is 0 Å². The zero-order chi connectivity index (χ0) is 22.5. The molecule has 1 N–H and O–H groups in total. The molecule has 1 saturated carbocycles. The molecule has 1 aliphatic carbocycles. The fourth-order valence-corrected chi connectivity index (χ4v) is 5.03. The first kappa shape index (κ1) is 22.4. The van der Waals surface area contributed by atoms with E-state index in [-0.39, 0.29) is 23.3 Å². The largest absolute Gasteiger partial charge is 0.494 e. The summed E-state index contributed by atoms with van der Waals surface area (Å²) in [6, 6.07) is 14.9. The number of rotatable bonds is 7. The molecule has 168 valence electrons. The van der Waals surface area contributed by atoms with Crippen LogP contribution in [-0.4, -0.2) is 33.9 Å². The lowest BCUT2D eigenvalue weighted by Crippen LogP contribution is -2.41. The van der Waals surface area contributed by atoms with Crippen molar-refractivity contribution in [2.75, 3.05) is 12.4 Å². The minimum Gasteiger partial charge on any atom is -0.494 e. The molecular formula is C25H29N3O3S. The van der Waals surface area contributed by atoms with Crippen LogP contribution in [0.5, 0.6) is 5.75 Å². The highest BCUT2D eigenvalue weighted by atomic mass is 32.2. The minimum absolute atomic E-state index is 0.0191. The number of nitrogens with one attached hydrogen (secondary N) is 1. The van der Waals surface area contributed by atoms with Crippen molar-refractivity contribution >= 4 is 28.6 Å². The fraction of sp³-hybridized carbons (Fsp3) is 0.400. The van der Waals surface area contributed by atoms with Gasteiger partial charge in [0.05, 0.1) is 29.0 Å². The zero-order valence-electron chi connectivity index (χ0n) is 18.5. The van der Waals surface area contributed by atoms with Gasteiger partial charge in [-0.25, -0.2) is 4.98 Å². The molecule has 4 rings (SSSR count). The van der Waals surface area contributed by atoms with Gasteiger partial charge in [0.15, 0.2) is 5.16 Å². The second-order valence-corrected chi connectivity index (χ2v) is 9.15. The number of hydrogen-bond donors (Lipinski definition) is 1. The molecular weight excluding hydrogens is 422 g/mol. The topological polar surface area (TPSA) is 73.2 Å². The number of carbonyl (C=O) groups excluding carboxylic acids is 1. The van der Waals surface area contributed by atoms with Gasteiger partial charge in [0.2, 0.25) is 5.91 Å². The minimum atomic E-state index is -0.149. The van der Waals surface area contributed by atoms with Crippen LogP contribution in [0.3, 0.4) is 0 Å². The van der Waals surface area contributed by atoms with E-state index in [2.05, 4.69) is 12.2 Å². The second-order valence-electron chi connectivity index (χ2n) is 8.20. The van der Waals surface area contributed by atoms with E-state index in [0.717, 1.165) is 25.0 Å².